The van der Waals surface area contributed by atoms with Gasteiger partial charge in [-0.25, -0.2) is 9.55 Å². The quantitative estimate of drug-likeness (QED) is 0.432. The lowest BCUT2D eigenvalue weighted by Crippen LogP contribution is -2.46. The number of amides is 2. The molecular weight excluding hydrogens is 537 g/mol. The van der Waals surface area contributed by atoms with Crippen molar-refractivity contribution in [1.29, 1.82) is 0 Å². The van der Waals surface area contributed by atoms with Gasteiger partial charge in [0.1, 0.15) is 0 Å². The van der Waals surface area contributed by atoms with Crippen LogP contribution >= 0.6 is 23.2 Å². The molecule has 1 aliphatic carbocycles. The highest BCUT2D eigenvalue weighted by atomic mass is 35.5. The Morgan fingerprint density at radius 2 is 1.74 bits per heavy atom. The van der Waals surface area contributed by atoms with Gasteiger partial charge in [-0.3, -0.25) is 14.4 Å². The number of carbonyl (C=O) groups excluding carboxylic acids is 2. The van der Waals surface area contributed by atoms with Gasteiger partial charge in [0.15, 0.2) is 0 Å². The molecule has 2 atom stereocenters. The van der Waals surface area contributed by atoms with Crippen LogP contribution in [-0.2, 0) is 13.0 Å². The van der Waals surface area contributed by atoms with Crippen LogP contribution in [0.15, 0.2) is 47.3 Å². The number of hydrogen-bond acceptors (Lipinski definition) is 5. The highest BCUT2D eigenvalue weighted by Crippen LogP contribution is 2.32. The number of aromatic nitrogens is 2. The molecule has 0 radical (unpaired) electrons. The summed E-state index contributed by atoms with van der Waals surface area (Å²) in [5.74, 6) is 0.548. The summed E-state index contributed by atoms with van der Waals surface area (Å²) in [4.78, 5) is 46.1. The third-order valence-corrected chi connectivity index (χ3v) is 8.61. The molecule has 2 heterocycles. The van der Waals surface area contributed by atoms with E-state index in [9.17, 15) is 14.4 Å². The van der Waals surface area contributed by atoms with Crippen LogP contribution in [0.3, 0.4) is 0 Å². The Kier molecular flexibility index (Phi) is 7.69. The first-order valence-electron chi connectivity index (χ1n) is 13.2. The molecule has 2 N–H and O–H groups in total. The molecular formula is C29H31Cl2N5O3. The minimum Gasteiger partial charge on any atom is -0.355 e. The Labute approximate surface area is 237 Å². The van der Waals surface area contributed by atoms with Gasteiger partial charge in [-0.2, -0.15) is 0 Å². The molecule has 3 aromatic rings. The second-order valence-corrected chi connectivity index (χ2v) is 11.2. The molecule has 1 saturated carbocycles. The SMILES string of the molecule is CNC(=O)c1ccc(-n2c(NC(C)C3CCC3)nc3c(c2=O)C[C@@H](C)N(C(=O)c2ccc(Cl)c(Cl)c2)C3)cc1. The van der Waals surface area contributed by atoms with E-state index in [4.69, 9.17) is 28.2 Å². The van der Waals surface area contributed by atoms with Crippen molar-refractivity contribution in [3.05, 3.63) is 85.2 Å². The summed E-state index contributed by atoms with van der Waals surface area (Å²) in [6.45, 7) is 4.23. The molecule has 1 unspecified atom stereocenters. The number of benzene rings is 2. The first-order chi connectivity index (χ1) is 18.7. The maximum atomic E-state index is 14.0. The number of nitrogens with one attached hydrogen (secondary N) is 2. The average Bonchev–Trinajstić information content (AvgIpc) is 2.89. The standard InChI is InChI=1S/C29H31Cl2N5O3/c1-16-13-22-25(15-35(16)27(38)20-9-12-23(30)24(31)14-20)34-29(33-17(2)18-5-4-6-18)36(28(22)39)21-10-7-19(8-11-21)26(37)32-3/h7-12,14,16-18H,4-6,13,15H2,1-3H3,(H,32,37)(H,33,34)/t16-,17?/m1/s1. The van der Waals surface area contributed by atoms with Gasteiger partial charge in [0, 0.05) is 35.8 Å². The summed E-state index contributed by atoms with van der Waals surface area (Å²) in [6, 6.07) is 11.6. The zero-order chi connectivity index (χ0) is 27.8. The topological polar surface area (TPSA) is 96.3 Å². The van der Waals surface area contributed by atoms with E-state index >= 15 is 0 Å². The first kappa shape index (κ1) is 27.2. The van der Waals surface area contributed by atoms with E-state index in [1.165, 1.54) is 6.42 Å². The molecule has 10 heteroatoms. The first-order valence-corrected chi connectivity index (χ1v) is 13.9. The second kappa shape index (κ2) is 11.0. The van der Waals surface area contributed by atoms with Crippen LogP contribution in [0.5, 0.6) is 0 Å². The maximum absolute atomic E-state index is 14.0. The fourth-order valence-electron chi connectivity index (χ4n) is 5.23. The molecule has 1 aliphatic heterocycles. The Hall–Kier alpha value is -3.36. The van der Waals surface area contributed by atoms with Crippen LogP contribution in [0.1, 0.15) is 65.1 Å². The fourth-order valence-corrected chi connectivity index (χ4v) is 5.53. The average molecular weight is 569 g/mol. The van der Waals surface area contributed by atoms with Crippen molar-refractivity contribution in [2.24, 2.45) is 5.92 Å². The molecule has 1 aromatic heterocycles. The van der Waals surface area contributed by atoms with Crippen LogP contribution in [0.4, 0.5) is 5.95 Å². The Bertz CT molecular complexity index is 1480. The van der Waals surface area contributed by atoms with E-state index in [1.807, 2.05) is 6.92 Å². The number of halogens is 2. The minimum atomic E-state index is -0.231. The Morgan fingerprint density at radius 1 is 1.05 bits per heavy atom. The van der Waals surface area contributed by atoms with Gasteiger partial charge in [-0.15, -0.1) is 0 Å². The van der Waals surface area contributed by atoms with E-state index in [0.717, 1.165) is 12.8 Å². The van der Waals surface area contributed by atoms with E-state index in [2.05, 4.69) is 17.6 Å². The van der Waals surface area contributed by atoms with Gasteiger partial charge in [0.25, 0.3) is 17.4 Å². The number of hydrogen-bond donors (Lipinski definition) is 2. The maximum Gasteiger partial charge on any atom is 0.263 e. The van der Waals surface area contributed by atoms with E-state index in [-0.39, 0.29) is 36.0 Å². The molecule has 2 amide bonds. The van der Waals surface area contributed by atoms with Gasteiger partial charge in [0.05, 0.1) is 28.0 Å². The van der Waals surface area contributed by atoms with Crippen LogP contribution in [0.25, 0.3) is 5.69 Å². The molecule has 204 valence electrons. The summed E-state index contributed by atoms with van der Waals surface area (Å²) in [5, 5.41) is 6.80. The van der Waals surface area contributed by atoms with E-state index in [0.29, 0.717) is 56.4 Å². The molecule has 0 saturated heterocycles. The summed E-state index contributed by atoms with van der Waals surface area (Å²) in [7, 11) is 1.58. The molecule has 2 aromatic carbocycles. The molecule has 8 nitrogen and oxygen atoms in total. The molecule has 2 aliphatic rings. The zero-order valence-electron chi connectivity index (χ0n) is 22.1. The van der Waals surface area contributed by atoms with Crippen molar-refractivity contribution in [2.75, 3.05) is 12.4 Å². The predicted molar refractivity (Wildman–Crippen MR) is 153 cm³/mol. The second-order valence-electron chi connectivity index (χ2n) is 10.4. The van der Waals surface area contributed by atoms with E-state index < -0.39 is 0 Å². The summed E-state index contributed by atoms with van der Waals surface area (Å²) < 4.78 is 1.59. The highest BCUT2D eigenvalue weighted by molar-refractivity contribution is 6.42. The van der Waals surface area contributed by atoms with Crippen molar-refractivity contribution in [1.82, 2.24) is 19.8 Å². The normalized spacial score (nSPS) is 17.7. The third-order valence-electron chi connectivity index (χ3n) is 7.87. The van der Waals surface area contributed by atoms with Crippen LogP contribution in [0, 0.1) is 5.92 Å². The highest BCUT2D eigenvalue weighted by Gasteiger charge is 2.33. The van der Waals surface area contributed by atoms with Gasteiger partial charge >= 0.3 is 0 Å². The van der Waals surface area contributed by atoms with Gasteiger partial charge < -0.3 is 15.5 Å². The van der Waals surface area contributed by atoms with Gasteiger partial charge in [0.2, 0.25) is 5.95 Å². The summed E-state index contributed by atoms with van der Waals surface area (Å²) in [5.41, 5.74) is 2.53. The van der Waals surface area contributed by atoms with Crippen molar-refractivity contribution in [2.45, 2.75) is 58.2 Å². The van der Waals surface area contributed by atoms with Crippen molar-refractivity contribution >= 4 is 41.0 Å². The molecule has 5 rings (SSSR count). The number of fused-ring (bicyclic) bond motifs is 1. The molecule has 39 heavy (non-hydrogen) atoms. The lowest BCUT2D eigenvalue weighted by atomic mass is 9.80. The Morgan fingerprint density at radius 3 is 2.36 bits per heavy atom. The van der Waals surface area contributed by atoms with E-state index in [1.54, 1.807) is 59.0 Å². The number of carbonyl (C=O) groups is 2. The molecule has 0 bridgehead atoms. The largest absolute Gasteiger partial charge is 0.355 e. The summed E-state index contributed by atoms with van der Waals surface area (Å²) >= 11 is 12.2. The monoisotopic (exact) mass is 567 g/mol. The molecule has 0 spiro atoms. The third kappa shape index (κ3) is 5.28. The smallest absolute Gasteiger partial charge is 0.263 e. The Balaban J connectivity index is 1.54. The van der Waals surface area contributed by atoms with Crippen molar-refractivity contribution in [3.8, 4) is 5.69 Å². The van der Waals surface area contributed by atoms with Crippen molar-refractivity contribution < 1.29 is 9.59 Å². The number of nitrogens with zero attached hydrogens (tertiary/aromatic N) is 3. The van der Waals surface area contributed by atoms with Gasteiger partial charge in [-0.05, 0) is 81.5 Å². The lowest BCUT2D eigenvalue weighted by molar-refractivity contribution is 0.0653. The van der Waals surface area contributed by atoms with Crippen LogP contribution in [-0.4, -0.2) is 45.4 Å². The lowest BCUT2D eigenvalue weighted by Gasteiger charge is -2.36. The van der Waals surface area contributed by atoms with Crippen molar-refractivity contribution in [3.63, 3.8) is 0 Å². The van der Waals surface area contributed by atoms with Gasteiger partial charge in [-0.1, -0.05) is 29.6 Å². The summed E-state index contributed by atoms with van der Waals surface area (Å²) in [6.07, 6.45) is 3.83. The zero-order valence-corrected chi connectivity index (χ0v) is 23.6. The van der Waals surface area contributed by atoms with Crippen LogP contribution < -0.4 is 16.2 Å². The fraction of sp³-hybridized carbons (Fsp3) is 0.379. The minimum absolute atomic E-state index is 0.122. The number of anilines is 1. The number of rotatable bonds is 6. The molecule has 1 fully saturated rings. The van der Waals surface area contributed by atoms with Crippen LogP contribution in [0.2, 0.25) is 10.0 Å². The predicted octanol–water partition coefficient (Wildman–Crippen LogP) is 5.09.